The molecular formula is C16H21N3O. The Morgan fingerprint density at radius 3 is 2.55 bits per heavy atom. The van der Waals surface area contributed by atoms with Crippen molar-refractivity contribution >= 4 is 0 Å². The van der Waals surface area contributed by atoms with Crippen molar-refractivity contribution in [3.05, 3.63) is 54.1 Å². The Kier molecular flexibility index (Phi) is 3.59. The van der Waals surface area contributed by atoms with E-state index < -0.39 is 0 Å². The van der Waals surface area contributed by atoms with E-state index in [1.165, 1.54) is 5.56 Å². The monoisotopic (exact) mass is 271 g/mol. The SMILES string of the molecule is Cn1ccnc1C(N)C1(c2ccccc2)CCOCC1. The third-order valence-electron chi connectivity index (χ3n) is 4.47. The van der Waals surface area contributed by atoms with E-state index in [9.17, 15) is 0 Å². The standard InChI is InChI=1S/C16H21N3O/c1-19-10-9-18-15(19)14(17)16(7-11-20-12-8-16)13-5-3-2-4-6-13/h2-6,9-10,14H,7-8,11-12,17H2,1H3. The van der Waals surface area contributed by atoms with Crippen molar-refractivity contribution in [3.8, 4) is 0 Å². The number of hydrogen-bond acceptors (Lipinski definition) is 3. The Bertz CT molecular complexity index is 558. The van der Waals surface area contributed by atoms with Gasteiger partial charge in [-0.15, -0.1) is 0 Å². The van der Waals surface area contributed by atoms with Crippen molar-refractivity contribution in [3.63, 3.8) is 0 Å². The summed E-state index contributed by atoms with van der Waals surface area (Å²) >= 11 is 0. The van der Waals surface area contributed by atoms with Gasteiger partial charge in [0.2, 0.25) is 0 Å². The highest BCUT2D eigenvalue weighted by molar-refractivity contribution is 5.30. The van der Waals surface area contributed by atoms with Crippen molar-refractivity contribution in [2.45, 2.75) is 24.3 Å². The number of nitrogens with zero attached hydrogens (tertiary/aromatic N) is 2. The van der Waals surface area contributed by atoms with Crippen molar-refractivity contribution in [1.82, 2.24) is 9.55 Å². The molecule has 1 aromatic heterocycles. The van der Waals surface area contributed by atoms with E-state index in [1.807, 2.05) is 30.1 Å². The van der Waals surface area contributed by atoms with Gasteiger partial charge >= 0.3 is 0 Å². The van der Waals surface area contributed by atoms with Gasteiger partial charge in [-0.25, -0.2) is 4.98 Å². The number of aromatic nitrogens is 2. The van der Waals surface area contributed by atoms with Crippen molar-refractivity contribution in [2.75, 3.05) is 13.2 Å². The van der Waals surface area contributed by atoms with Crippen LogP contribution in [0.4, 0.5) is 0 Å². The third-order valence-corrected chi connectivity index (χ3v) is 4.47. The van der Waals surface area contributed by atoms with Crippen LogP contribution in [-0.2, 0) is 17.2 Å². The zero-order chi connectivity index (χ0) is 14.0. The summed E-state index contributed by atoms with van der Waals surface area (Å²) in [5.41, 5.74) is 7.85. The quantitative estimate of drug-likeness (QED) is 0.931. The van der Waals surface area contributed by atoms with Gasteiger partial charge in [-0.05, 0) is 18.4 Å². The van der Waals surface area contributed by atoms with Gasteiger partial charge in [-0.1, -0.05) is 30.3 Å². The lowest BCUT2D eigenvalue weighted by molar-refractivity contribution is 0.0383. The van der Waals surface area contributed by atoms with E-state index in [-0.39, 0.29) is 11.5 Å². The molecule has 0 radical (unpaired) electrons. The van der Waals surface area contributed by atoms with Crippen molar-refractivity contribution in [2.24, 2.45) is 12.8 Å². The molecule has 2 aromatic rings. The average molecular weight is 271 g/mol. The van der Waals surface area contributed by atoms with E-state index in [2.05, 4.69) is 29.2 Å². The molecule has 0 spiro atoms. The van der Waals surface area contributed by atoms with E-state index in [0.717, 1.165) is 31.9 Å². The first-order chi connectivity index (χ1) is 9.74. The van der Waals surface area contributed by atoms with Crippen LogP contribution < -0.4 is 5.73 Å². The summed E-state index contributed by atoms with van der Waals surface area (Å²) in [7, 11) is 2.00. The molecular weight excluding hydrogens is 250 g/mol. The maximum atomic E-state index is 6.64. The van der Waals surface area contributed by atoms with Crippen LogP contribution in [0.15, 0.2) is 42.7 Å². The highest BCUT2D eigenvalue weighted by Gasteiger charge is 2.42. The van der Waals surface area contributed by atoms with Crippen LogP contribution in [0.1, 0.15) is 30.3 Å². The molecule has 1 aliphatic heterocycles. The molecule has 0 saturated carbocycles. The van der Waals surface area contributed by atoms with E-state index >= 15 is 0 Å². The zero-order valence-corrected chi connectivity index (χ0v) is 11.8. The molecule has 2 heterocycles. The zero-order valence-electron chi connectivity index (χ0n) is 11.8. The maximum absolute atomic E-state index is 6.64. The average Bonchev–Trinajstić information content (AvgIpc) is 2.94. The van der Waals surface area contributed by atoms with Gasteiger partial charge in [0, 0.05) is 38.1 Å². The second-order valence-corrected chi connectivity index (χ2v) is 5.51. The Morgan fingerprint density at radius 2 is 1.95 bits per heavy atom. The molecule has 1 aromatic carbocycles. The molecule has 20 heavy (non-hydrogen) atoms. The van der Waals surface area contributed by atoms with Crippen molar-refractivity contribution < 1.29 is 4.74 Å². The van der Waals surface area contributed by atoms with Gasteiger partial charge in [0.1, 0.15) is 5.82 Å². The number of rotatable bonds is 3. The first-order valence-electron chi connectivity index (χ1n) is 7.10. The fourth-order valence-corrected chi connectivity index (χ4v) is 3.21. The lowest BCUT2D eigenvalue weighted by Crippen LogP contribution is -2.44. The van der Waals surface area contributed by atoms with E-state index in [4.69, 9.17) is 10.5 Å². The lowest BCUT2D eigenvalue weighted by atomic mass is 9.68. The topological polar surface area (TPSA) is 53.1 Å². The third kappa shape index (κ3) is 2.15. The van der Waals surface area contributed by atoms with E-state index in [1.54, 1.807) is 0 Å². The highest BCUT2D eigenvalue weighted by atomic mass is 16.5. The lowest BCUT2D eigenvalue weighted by Gasteiger charge is -2.42. The number of aryl methyl sites for hydroxylation is 1. The highest BCUT2D eigenvalue weighted by Crippen LogP contribution is 2.43. The van der Waals surface area contributed by atoms with Crippen LogP contribution >= 0.6 is 0 Å². The summed E-state index contributed by atoms with van der Waals surface area (Å²) in [4.78, 5) is 4.46. The van der Waals surface area contributed by atoms with Crippen LogP contribution in [0.25, 0.3) is 0 Å². The largest absolute Gasteiger partial charge is 0.381 e. The predicted octanol–water partition coefficient (Wildman–Crippen LogP) is 2.17. The maximum Gasteiger partial charge on any atom is 0.126 e. The van der Waals surface area contributed by atoms with Crippen LogP contribution in [0.3, 0.4) is 0 Å². The smallest absolute Gasteiger partial charge is 0.126 e. The molecule has 1 unspecified atom stereocenters. The molecule has 0 bridgehead atoms. The first kappa shape index (κ1) is 13.3. The van der Waals surface area contributed by atoms with Crippen molar-refractivity contribution in [1.29, 1.82) is 0 Å². The minimum Gasteiger partial charge on any atom is -0.381 e. The fraction of sp³-hybridized carbons (Fsp3) is 0.438. The van der Waals surface area contributed by atoms with E-state index in [0.29, 0.717) is 0 Å². The number of benzene rings is 1. The molecule has 0 amide bonds. The molecule has 106 valence electrons. The predicted molar refractivity (Wildman–Crippen MR) is 78.3 cm³/mol. The number of hydrogen-bond donors (Lipinski definition) is 1. The fourth-order valence-electron chi connectivity index (χ4n) is 3.21. The Labute approximate surface area is 119 Å². The number of ether oxygens (including phenoxy) is 1. The Morgan fingerprint density at radius 1 is 1.25 bits per heavy atom. The molecule has 4 heteroatoms. The summed E-state index contributed by atoms with van der Waals surface area (Å²) in [6, 6.07) is 10.4. The summed E-state index contributed by atoms with van der Waals surface area (Å²) in [5, 5.41) is 0. The molecule has 0 aliphatic carbocycles. The first-order valence-corrected chi connectivity index (χ1v) is 7.10. The Balaban J connectivity index is 2.04. The number of imidazole rings is 1. The minimum absolute atomic E-state index is 0.0847. The van der Waals surface area contributed by atoms with Crippen LogP contribution in [0.2, 0.25) is 0 Å². The molecule has 4 nitrogen and oxygen atoms in total. The van der Waals surface area contributed by atoms with Gasteiger partial charge in [-0.2, -0.15) is 0 Å². The molecule has 1 atom stereocenters. The molecule has 1 aliphatic rings. The van der Waals surface area contributed by atoms with Gasteiger partial charge < -0.3 is 15.0 Å². The van der Waals surface area contributed by atoms with Gasteiger partial charge in [0.15, 0.2) is 0 Å². The summed E-state index contributed by atoms with van der Waals surface area (Å²) in [6.07, 6.45) is 5.64. The molecule has 3 rings (SSSR count). The normalized spacial score (nSPS) is 19.7. The summed E-state index contributed by atoms with van der Waals surface area (Å²) < 4.78 is 7.58. The summed E-state index contributed by atoms with van der Waals surface area (Å²) in [5.74, 6) is 0.941. The molecule has 2 N–H and O–H groups in total. The van der Waals surface area contributed by atoms with Crippen LogP contribution in [-0.4, -0.2) is 22.8 Å². The van der Waals surface area contributed by atoms with Gasteiger partial charge in [0.05, 0.1) is 6.04 Å². The van der Waals surface area contributed by atoms with Crippen LogP contribution in [0, 0.1) is 0 Å². The molecule has 1 fully saturated rings. The van der Waals surface area contributed by atoms with Gasteiger partial charge in [0.25, 0.3) is 0 Å². The second kappa shape index (κ2) is 5.38. The minimum atomic E-state index is -0.117. The van der Waals surface area contributed by atoms with Crippen LogP contribution in [0.5, 0.6) is 0 Å². The number of nitrogens with two attached hydrogens (primary N) is 1. The second-order valence-electron chi connectivity index (χ2n) is 5.51. The van der Waals surface area contributed by atoms with Gasteiger partial charge in [-0.3, -0.25) is 0 Å². The Hall–Kier alpha value is -1.65. The summed E-state index contributed by atoms with van der Waals surface area (Å²) in [6.45, 7) is 1.51. The molecule has 1 saturated heterocycles.